The summed E-state index contributed by atoms with van der Waals surface area (Å²) in [4.78, 5) is 4.19. The molecule has 148 valence electrons. The summed E-state index contributed by atoms with van der Waals surface area (Å²) in [7, 11) is -2.40. The maximum atomic E-state index is 13.2. The van der Waals surface area contributed by atoms with Gasteiger partial charge < -0.3 is 14.5 Å². The monoisotopic (exact) mass is 404 g/mol. The van der Waals surface area contributed by atoms with E-state index in [1.807, 2.05) is 25.1 Å². The Bertz CT molecular complexity index is 1050. The Hall–Kier alpha value is -2.71. The highest BCUT2D eigenvalue weighted by atomic mass is 32.2. The van der Waals surface area contributed by atoms with E-state index in [0.29, 0.717) is 25.1 Å². The number of ether oxygens (including phenoxy) is 1. The predicted molar refractivity (Wildman–Crippen MR) is 104 cm³/mol. The minimum absolute atomic E-state index is 0.0527. The van der Waals surface area contributed by atoms with Crippen LogP contribution in [0.3, 0.4) is 0 Å². The fraction of sp³-hybridized carbons (Fsp3) is 0.250. The topological polar surface area (TPSA) is 81.4 Å². The molecular weight excluding hydrogens is 383 g/mol. The molecule has 0 fully saturated rings. The number of nitrogens with zero attached hydrogens (tertiary/aromatic N) is 1. The molecule has 6 nitrogen and oxygen atoms in total. The summed E-state index contributed by atoms with van der Waals surface area (Å²) < 4.78 is 50.1. The van der Waals surface area contributed by atoms with Gasteiger partial charge in [0.25, 0.3) is 0 Å². The molecule has 28 heavy (non-hydrogen) atoms. The number of sulfone groups is 1. The molecule has 0 radical (unpaired) electrons. The summed E-state index contributed by atoms with van der Waals surface area (Å²) in [5, 5.41) is 2.75. The van der Waals surface area contributed by atoms with E-state index in [9.17, 15) is 12.8 Å². The van der Waals surface area contributed by atoms with Crippen LogP contribution in [0, 0.1) is 12.7 Å². The SMILES string of the molecule is COCCCNc1oc(-c2cccc(C)c2)nc1S(=O)(=O)c1ccc(F)cc1. The lowest BCUT2D eigenvalue weighted by molar-refractivity contribution is 0.197. The lowest BCUT2D eigenvalue weighted by Gasteiger charge is -2.06. The summed E-state index contributed by atoms with van der Waals surface area (Å²) in [5.74, 6) is -0.270. The molecule has 1 aromatic heterocycles. The zero-order valence-corrected chi connectivity index (χ0v) is 16.4. The molecule has 0 aliphatic heterocycles. The van der Waals surface area contributed by atoms with Crippen LogP contribution in [0.2, 0.25) is 0 Å². The van der Waals surface area contributed by atoms with E-state index in [4.69, 9.17) is 9.15 Å². The molecule has 0 unspecified atom stereocenters. The van der Waals surface area contributed by atoms with Crippen LogP contribution in [-0.4, -0.2) is 33.7 Å². The van der Waals surface area contributed by atoms with Crippen molar-refractivity contribution in [2.45, 2.75) is 23.3 Å². The van der Waals surface area contributed by atoms with Gasteiger partial charge in [0.2, 0.25) is 26.6 Å². The molecule has 0 saturated heterocycles. The molecule has 0 atom stereocenters. The van der Waals surface area contributed by atoms with Crippen LogP contribution in [0.25, 0.3) is 11.5 Å². The van der Waals surface area contributed by atoms with Crippen molar-refractivity contribution in [2.75, 3.05) is 25.6 Å². The largest absolute Gasteiger partial charge is 0.419 e. The number of rotatable bonds is 8. The molecule has 3 aromatic rings. The van der Waals surface area contributed by atoms with Gasteiger partial charge in [-0.2, -0.15) is 4.98 Å². The van der Waals surface area contributed by atoms with Crippen molar-refractivity contribution >= 4 is 15.7 Å². The molecule has 0 amide bonds. The fourth-order valence-electron chi connectivity index (χ4n) is 2.65. The number of hydrogen-bond donors (Lipinski definition) is 1. The van der Waals surface area contributed by atoms with E-state index in [1.54, 1.807) is 13.2 Å². The Labute approximate surface area is 163 Å². The maximum absolute atomic E-state index is 13.2. The van der Waals surface area contributed by atoms with Gasteiger partial charge in [-0.05, 0) is 49.7 Å². The Balaban J connectivity index is 2.03. The average Bonchev–Trinajstić information content (AvgIpc) is 3.11. The highest BCUT2D eigenvalue weighted by molar-refractivity contribution is 7.91. The number of oxazole rings is 1. The summed E-state index contributed by atoms with van der Waals surface area (Å²) in [6.07, 6.45) is 0.660. The van der Waals surface area contributed by atoms with E-state index in [2.05, 4.69) is 10.3 Å². The van der Waals surface area contributed by atoms with E-state index in [1.165, 1.54) is 12.1 Å². The molecule has 0 saturated carbocycles. The molecule has 1 N–H and O–H groups in total. The summed E-state index contributed by atoms with van der Waals surface area (Å²) in [6, 6.07) is 12.0. The minimum Gasteiger partial charge on any atom is -0.419 e. The molecule has 3 rings (SSSR count). The lowest BCUT2D eigenvalue weighted by Crippen LogP contribution is -2.09. The smallest absolute Gasteiger partial charge is 0.233 e. The quantitative estimate of drug-likeness (QED) is 0.450. The van der Waals surface area contributed by atoms with Gasteiger partial charge in [-0.3, -0.25) is 0 Å². The van der Waals surface area contributed by atoms with Gasteiger partial charge in [0.15, 0.2) is 0 Å². The molecular formula is C20H21FN2O4S. The Morgan fingerprint density at radius 1 is 1.18 bits per heavy atom. The molecule has 0 bridgehead atoms. The molecule has 0 aliphatic carbocycles. The lowest BCUT2D eigenvalue weighted by atomic mass is 10.1. The summed E-state index contributed by atoms with van der Waals surface area (Å²) >= 11 is 0. The number of aryl methyl sites for hydroxylation is 1. The van der Waals surface area contributed by atoms with Crippen LogP contribution in [0.4, 0.5) is 10.3 Å². The predicted octanol–water partition coefficient (Wildman–Crippen LogP) is 4.07. The first-order chi connectivity index (χ1) is 13.4. The standard InChI is InChI=1S/C20H21FN2O4S/c1-14-5-3-6-15(13-14)18-23-20(19(27-18)22-11-4-12-26-2)28(24,25)17-9-7-16(21)8-10-17/h3,5-10,13,22H,4,11-12H2,1-2H3. The van der Waals surface area contributed by atoms with Gasteiger partial charge in [-0.15, -0.1) is 0 Å². The van der Waals surface area contributed by atoms with Crippen molar-refractivity contribution in [1.82, 2.24) is 4.98 Å². The first-order valence-corrected chi connectivity index (χ1v) is 10.2. The van der Waals surface area contributed by atoms with Crippen LogP contribution in [0.5, 0.6) is 0 Å². The van der Waals surface area contributed by atoms with Gasteiger partial charge in [0, 0.05) is 25.8 Å². The number of halogens is 1. The third-order valence-corrected chi connectivity index (χ3v) is 5.73. The highest BCUT2D eigenvalue weighted by Crippen LogP contribution is 2.32. The fourth-order valence-corrected chi connectivity index (χ4v) is 3.92. The van der Waals surface area contributed by atoms with Crippen LogP contribution in [-0.2, 0) is 14.6 Å². The minimum atomic E-state index is -3.99. The van der Waals surface area contributed by atoms with Crippen LogP contribution < -0.4 is 5.32 Å². The summed E-state index contributed by atoms with van der Waals surface area (Å²) in [6.45, 7) is 2.89. The van der Waals surface area contributed by atoms with Crippen molar-refractivity contribution < 1.29 is 22.0 Å². The van der Waals surface area contributed by atoms with Crippen molar-refractivity contribution in [3.8, 4) is 11.5 Å². The number of nitrogens with one attached hydrogen (secondary N) is 1. The van der Waals surface area contributed by atoms with Crippen molar-refractivity contribution in [3.63, 3.8) is 0 Å². The highest BCUT2D eigenvalue weighted by Gasteiger charge is 2.28. The van der Waals surface area contributed by atoms with Crippen LogP contribution in [0.1, 0.15) is 12.0 Å². The Morgan fingerprint density at radius 3 is 2.61 bits per heavy atom. The third-order valence-electron chi connectivity index (χ3n) is 4.05. The average molecular weight is 404 g/mol. The van der Waals surface area contributed by atoms with E-state index in [0.717, 1.165) is 17.7 Å². The molecule has 8 heteroatoms. The molecule has 0 spiro atoms. The normalized spacial score (nSPS) is 11.5. The maximum Gasteiger partial charge on any atom is 0.233 e. The van der Waals surface area contributed by atoms with Gasteiger partial charge in [-0.1, -0.05) is 17.7 Å². The number of aromatic nitrogens is 1. The second-order valence-corrected chi connectivity index (χ2v) is 8.12. The first kappa shape index (κ1) is 20.0. The zero-order valence-electron chi connectivity index (χ0n) is 15.6. The number of anilines is 1. The number of hydrogen-bond acceptors (Lipinski definition) is 6. The van der Waals surface area contributed by atoms with Gasteiger partial charge in [0.05, 0.1) is 4.90 Å². The van der Waals surface area contributed by atoms with E-state index in [-0.39, 0.29) is 21.7 Å². The second kappa shape index (κ2) is 8.53. The molecule has 0 aliphatic rings. The van der Waals surface area contributed by atoms with Gasteiger partial charge in [0.1, 0.15) is 5.82 Å². The molecule has 1 heterocycles. The first-order valence-electron chi connectivity index (χ1n) is 8.73. The van der Waals surface area contributed by atoms with E-state index >= 15 is 0 Å². The van der Waals surface area contributed by atoms with Crippen LogP contribution in [0.15, 0.2) is 62.9 Å². The molecule has 2 aromatic carbocycles. The van der Waals surface area contributed by atoms with Gasteiger partial charge >= 0.3 is 0 Å². The Morgan fingerprint density at radius 2 is 1.93 bits per heavy atom. The second-order valence-electron chi connectivity index (χ2n) is 6.25. The van der Waals surface area contributed by atoms with Crippen molar-refractivity contribution in [1.29, 1.82) is 0 Å². The number of methoxy groups -OCH3 is 1. The van der Waals surface area contributed by atoms with Crippen LogP contribution >= 0.6 is 0 Å². The van der Waals surface area contributed by atoms with Crippen molar-refractivity contribution in [3.05, 3.63) is 59.9 Å². The van der Waals surface area contributed by atoms with Crippen molar-refractivity contribution in [2.24, 2.45) is 0 Å². The Kier molecular flexibility index (Phi) is 6.11. The van der Waals surface area contributed by atoms with E-state index < -0.39 is 15.7 Å². The third kappa shape index (κ3) is 4.40. The van der Waals surface area contributed by atoms with Gasteiger partial charge in [-0.25, -0.2) is 12.8 Å². The number of benzene rings is 2. The summed E-state index contributed by atoms with van der Waals surface area (Å²) in [5.41, 5.74) is 1.66. The zero-order chi connectivity index (χ0) is 20.1.